The number of phenols is 1. The highest BCUT2D eigenvalue weighted by atomic mass is 16.5. The van der Waals surface area contributed by atoms with Crippen LogP contribution in [0.25, 0.3) is 0 Å². The summed E-state index contributed by atoms with van der Waals surface area (Å²) >= 11 is 0. The van der Waals surface area contributed by atoms with Crippen molar-refractivity contribution in [2.45, 2.75) is 18.9 Å². The number of benzene rings is 1. The predicted octanol–water partition coefficient (Wildman–Crippen LogP) is 0.899. The topological polar surface area (TPSA) is 135 Å². The van der Waals surface area contributed by atoms with Gasteiger partial charge in [0.05, 0.1) is 32.8 Å². The minimum atomic E-state index is -0.820. The monoisotopic (exact) mass is 404 g/mol. The van der Waals surface area contributed by atoms with Gasteiger partial charge in [0.25, 0.3) is 0 Å². The molecule has 1 aromatic heterocycles. The van der Waals surface area contributed by atoms with Gasteiger partial charge < -0.3 is 29.8 Å². The van der Waals surface area contributed by atoms with Gasteiger partial charge in [-0.1, -0.05) is 6.07 Å². The number of morpholine rings is 1. The fraction of sp³-hybridized carbons (Fsp3) is 0.400. The highest BCUT2D eigenvalue weighted by molar-refractivity contribution is 5.75. The highest BCUT2D eigenvalue weighted by Crippen LogP contribution is 2.37. The Hall–Kier alpha value is -3.04. The molecule has 29 heavy (non-hydrogen) atoms. The molecule has 1 aromatic carbocycles. The molecular formula is C20H24N2O7. The molecule has 1 amide bonds. The molecule has 1 aliphatic rings. The molecule has 0 aliphatic carbocycles. The number of ether oxygens (including phenoxy) is 2. The molecule has 0 bridgehead atoms. The van der Waals surface area contributed by atoms with Gasteiger partial charge in [-0.3, -0.25) is 14.5 Å². The van der Waals surface area contributed by atoms with Gasteiger partial charge in [0.1, 0.15) is 5.76 Å². The van der Waals surface area contributed by atoms with Crippen LogP contribution >= 0.6 is 0 Å². The largest absolute Gasteiger partial charge is 0.504 e. The van der Waals surface area contributed by atoms with Crippen LogP contribution in [0.5, 0.6) is 17.2 Å². The molecule has 2 heterocycles. The number of carbonyl (C=O) groups is 1. The van der Waals surface area contributed by atoms with Crippen molar-refractivity contribution in [3.05, 3.63) is 51.6 Å². The minimum Gasteiger partial charge on any atom is -0.504 e. The first kappa shape index (κ1) is 20.7. The first-order valence-corrected chi connectivity index (χ1v) is 9.20. The van der Waals surface area contributed by atoms with E-state index in [1.807, 2.05) is 0 Å². The summed E-state index contributed by atoms with van der Waals surface area (Å²) in [5.41, 5.74) is 5.30. The molecule has 9 heteroatoms. The molecule has 2 aromatic rings. The summed E-state index contributed by atoms with van der Waals surface area (Å²) in [5, 5.41) is 20.2. The lowest BCUT2D eigenvalue weighted by molar-refractivity contribution is -0.118. The lowest BCUT2D eigenvalue weighted by Gasteiger charge is -2.26. The van der Waals surface area contributed by atoms with Gasteiger partial charge in [-0.2, -0.15) is 0 Å². The summed E-state index contributed by atoms with van der Waals surface area (Å²) in [6.45, 7) is 2.94. The second-order valence-electron chi connectivity index (χ2n) is 6.83. The fourth-order valence-electron chi connectivity index (χ4n) is 3.32. The Morgan fingerprint density at radius 2 is 2.00 bits per heavy atom. The van der Waals surface area contributed by atoms with Gasteiger partial charge in [-0.05, 0) is 17.7 Å². The van der Waals surface area contributed by atoms with E-state index in [9.17, 15) is 19.8 Å². The third-order valence-electron chi connectivity index (χ3n) is 4.81. The van der Waals surface area contributed by atoms with Crippen molar-refractivity contribution in [1.82, 2.24) is 4.90 Å². The Morgan fingerprint density at radius 3 is 2.66 bits per heavy atom. The maximum atomic E-state index is 12.4. The smallest absolute Gasteiger partial charge is 0.227 e. The summed E-state index contributed by atoms with van der Waals surface area (Å²) in [6.07, 6.45) is -0.203. The van der Waals surface area contributed by atoms with Crippen molar-refractivity contribution in [3.8, 4) is 17.2 Å². The number of hydrogen-bond acceptors (Lipinski definition) is 8. The van der Waals surface area contributed by atoms with Crippen LogP contribution in [0.1, 0.15) is 29.4 Å². The number of nitrogens with zero attached hydrogens (tertiary/aromatic N) is 1. The van der Waals surface area contributed by atoms with Crippen molar-refractivity contribution in [1.29, 1.82) is 0 Å². The van der Waals surface area contributed by atoms with Gasteiger partial charge >= 0.3 is 0 Å². The van der Waals surface area contributed by atoms with Crippen LogP contribution in [0, 0.1) is 0 Å². The van der Waals surface area contributed by atoms with Gasteiger partial charge in [0, 0.05) is 25.6 Å². The van der Waals surface area contributed by atoms with Gasteiger partial charge in [-0.15, -0.1) is 0 Å². The number of hydrogen-bond donors (Lipinski definition) is 3. The normalized spacial score (nSPS) is 15.8. The molecule has 0 saturated carbocycles. The van der Waals surface area contributed by atoms with Crippen LogP contribution in [-0.4, -0.2) is 54.4 Å². The zero-order chi connectivity index (χ0) is 21.0. The van der Waals surface area contributed by atoms with E-state index in [1.54, 1.807) is 6.07 Å². The Balaban J connectivity index is 2.02. The fourth-order valence-corrected chi connectivity index (χ4v) is 3.32. The minimum absolute atomic E-state index is 0.0488. The third kappa shape index (κ3) is 4.87. The van der Waals surface area contributed by atoms with E-state index in [1.165, 1.54) is 25.3 Å². The van der Waals surface area contributed by atoms with E-state index in [-0.39, 0.29) is 23.7 Å². The van der Waals surface area contributed by atoms with E-state index in [2.05, 4.69) is 4.90 Å². The van der Waals surface area contributed by atoms with Gasteiger partial charge in [0.15, 0.2) is 17.3 Å². The second kappa shape index (κ2) is 8.97. The third-order valence-corrected chi connectivity index (χ3v) is 4.81. The first-order chi connectivity index (χ1) is 13.9. The Labute approximate surface area is 167 Å². The summed E-state index contributed by atoms with van der Waals surface area (Å²) in [6, 6.07) is 5.71. The van der Waals surface area contributed by atoms with Crippen molar-refractivity contribution in [2.75, 3.05) is 33.4 Å². The standard InChI is InChI=1S/C20H24N2O7/c1-27-17-8-12(2-3-15(17)23)14(10-18(21)25)20-19(26)16(24)9-13(29-20)11-22-4-6-28-7-5-22/h2-3,8-9,14,23,26H,4-7,10-11H2,1H3,(H2,21,25)/t14-/m0/s1. The number of nitrogens with two attached hydrogens (primary N) is 1. The number of phenolic OH excluding ortho intramolecular Hbond substituents is 1. The van der Waals surface area contributed by atoms with Crippen molar-refractivity contribution in [2.24, 2.45) is 5.73 Å². The Bertz CT molecular complexity index is 935. The maximum Gasteiger partial charge on any atom is 0.227 e. The quantitative estimate of drug-likeness (QED) is 0.619. The lowest BCUT2D eigenvalue weighted by atomic mass is 9.91. The average Bonchev–Trinajstić information content (AvgIpc) is 2.70. The molecule has 4 N–H and O–H groups in total. The Kier molecular flexibility index (Phi) is 6.40. The van der Waals surface area contributed by atoms with Crippen LogP contribution in [0.2, 0.25) is 0 Å². The number of carbonyl (C=O) groups excluding carboxylic acids is 1. The average molecular weight is 404 g/mol. The summed E-state index contributed by atoms with van der Waals surface area (Å²) in [4.78, 5) is 26.1. The van der Waals surface area contributed by atoms with Crippen LogP contribution < -0.4 is 15.9 Å². The molecule has 3 rings (SSSR count). The number of methoxy groups -OCH3 is 1. The number of rotatable bonds is 7. The van der Waals surface area contributed by atoms with E-state index < -0.39 is 23.0 Å². The highest BCUT2D eigenvalue weighted by Gasteiger charge is 2.27. The molecular weight excluding hydrogens is 380 g/mol. The molecule has 156 valence electrons. The van der Waals surface area contributed by atoms with Gasteiger partial charge in [0.2, 0.25) is 17.1 Å². The molecule has 1 fully saturated rings. The first-order valence-electron chi connectivity index (χ1n) is 9.20. The van der Waals surface area contributed by atoms with E-state index in [0.29, 0.717) is 44.2 Å². The molecule has 9 nitrogen and oxygen atoms in total. The van der Waals surface area contributed by atoms with Crippen LogP contribution in [0.3, 0.4) is 0 Å². The van der Waals surface area contributed by atoms with Gasteiger partial charge in [-0.25, -0.2) is 0 Å². The molecule has 1 atom stereocenters. The molecule has 0 unspecified atom stereocenters. The van der Waals surface area contributed by atoms with Crippen molar-refractivity contribution < 1.29 is 28.9 Å². The van der Waals surface area contributed by atoms with Crippen molar-refractivity contribution >= 4 is 5.91 Å². The van der Waals surface area contributed by atoms with E-state index in [4.69, 9.17) is 19.6 Å². The molecule has 1 saturated heterocycles. The predicted molar refractivity (Wildman–Crippen MR) is 103 cm³/mol. The Morgan fingerprint density at radius 1 is 1.28 bits per heavy atom. The van der Waals surface area contributed by atoms with Crippen LogP contribution in [0.15, 0.2) is 33.5 Å². The summed E-state index contributed by atoms with van der Waals surface area (Å²) < 4.78 is 16.3. The zero-order valence-corrected chi connectivity index (χ0v) is 16.1. The number of aromatic hydroxyl groups is 2. The van der Waals surface area contributed by atoms with Crippen LogP contribution in [0.4, 0.5) is 0 Å². The summed E-state index contributed by atoms with van der Waals surface area (Å²) in [7, 11) is 1.39. The zero-order valence-electron chi connectivity index (χ0n) is 16.1. The number of amides is 1. The van der Waals surface area contributed by atoms with E-state index >= 15 is 0 Å². The number of primary amides is 1. The van der Waals surface area contributed by atoms with Crippen molar-refractivity contribution in [3.63, 3.8) is 0 Å². The molecule has 0 spiro atoms. The van der Waals surface area contributed by atoms with E-state index in [0.717, 1.165) is 0 Å². The summed E-state index contributed by atoms with van der Waals surface area (Å²) in [5.74, 6) is -1.61. The second-order valence-corrected chi connectivity index (χ2v) is 6.83. The maximum absolute atomic E-state index is 12.4. The SMILES string of the molecule is COc1cc([C@H](CC(N)=O)c2oc(CN3CCOCC3)cc(=O)c2O)ccc1O. The van der Waals surface area contributed by atoms with Crippen LogP contribution in [-0.2, 0) is 16.1 Å². The lowest BCUT2D eigenvalue weighted by Crippen LogP contribution is -2.35. The molecule has 1 aliphatic heterocycles. The molecule has 0 radical (unpaired) electrons.